The van der Waals surface area contributed by atoms with E-state index in [1.54, 1.807) is 24.3 Å². The Kier molecular flexibility index (Phi) is 6.53. The summed E-state index contributed by atoms with van der Waals surface area (Å²) in [5, 5.41) is 2.94. The van der Waals surface area contributed by atoms with Crippen molar-refractivity contribution in [3.8, 4) is 0 Å². The summed E-state index contributed by atoms with van der Waals surface area (Å²) in [7, 11) is 0. The summed E-state index contributed by atoms with van der Waals surface area (Å²) in [6.07, 6.45) is 0.480. The molecule has 1 aliphatic heterocycles. The highest BCUT2D eigenvalue weighted by molar-refractivity contribution is 5.81. The number of ether oxygens (including phenoxy) is 1. The molecule has 0 bridgehead atoms. The second-order valence-electron chi connectivity index (χ2n) is 6.75. The van der Waals surface area contributed by atoms with Crippen LogP contribution in [0.4, 0.5) is 8.78 Å². The molecule has 2 unspecified atom stereocenters. The SMILES string of the molecule is CC(C(=O)NCCc1ccc(F)cc1)N1CCOC(c2ccc(F)cc2)C1. The first-order valence-electron chi connectivity index (χ1n) is 9.16. The van der Waals surface area contributed by atoms with Crippen molar-refractivity contribution in [1.29, 1.82) is 0 Å². The molecule has 144 valence electrons. The van der Waals surface area contributed by atoms with Crippen LogP contribution in [-0.4, -0.2) is 43.1 Å². The zero-order chi connectivity index (χ0) is 19.2. The number of carbonyl (C=O) groups excluding carboxylic acids is 1. The molecule has 0 radical (unpaired) electrons. The van der Waals surface area contributed by atoms with Gasteiger partial charge in [-0.2, -0.15) is 0 Å². The van der Waals surface area contributed by atoms with Gasteiger partial charge in [0, 0.05) is 19.6 Å². The molecular formula is C21H24F2N2O2. The van der Waals surface area contributed by atoms with Crippen molar-refractivity contribution in [3.63, 3.8) is 0 Å². The number of hydrogen-bond donors (Lipinski definition) is 1. The maximum Gasteiger partial charge on any atom is 0.237 e. The Labute approximate surface area is 158 Å². The highest BCUT2D eigenvalue weighted by atomic mass is 19.1. The van der Waals surface area contributed by atoms with E-state index in [4.69, 9.17) is 4.74 Å². The summed E-state index contributed by atoms with van der Waals surface area (Å²) in [6, 6.07) is 12.3. The van der Waals surface area contributed by atoms with Gasteiger partial charge in [-0.1, -0.05) is 24.3 Å². The molecule has 1 fully saturated rings. The Morgan fingerprint density at radius 1 is 1.15 bits per heavy atom. The average molecular weight is 374 g/mol. The molecule has 2 atom stereocenters. The van der Waals surface area contributed by atoms with Crippen molar-refractivity contribution >= 4 is 5.91 Å². The maximum absolute atomic E-state index is 13.1. The Morgan fingerprint density at radius 3 is 2.44 bits per heavy atom. The van der Waals surface area contributed by atoms with Gasteiger partial charge >= 0.3 is 0 Å². The summed E-state index contributed by atoms with van der Waals surface area (Å²) in [5.41, 5.74) is 1.89. The van der Waals surface area contributed by atoms with Crippen LogP contribution in [0.5, 0.6) is 0 Å². The quantitative estimate of drug-likeness (QED) is 0.845. The van der Waals surface area contributed by atoms with Crippen LogP contribution in [0.15, 0.2) is 48.5 Å². The van der Waals surface area contributed by atoms with E-state index >= 15 is 0 Å². The highest BCUT2D eigenvalue weighted by Crippen LogP contribution is 2.23. The molecule has 1 heterocycles. The van der Waals surface area contributed by atoms with Gasteiger partial charge in [-0.3, -0.25) is 9.69 Å². The van der Waals surface area contributed by atoms with Crippen LogP contribution in [0.2, 0.25) is 0 Å². The van der Waals surface area contributed by atoms with E-state index < -0.39 is 0 Å². The Hall–Kier alpha value is -2.31. The molecule has 3 rings (SSSR count). The van der Waals surface area contributed by atoms with E-state index in [-0.39, 0.29) is 29.7 Å². The normalized spacial score (nSPS) is 18.9. The predicted molar refractivity (Wildman–Crippen MR) is 99.2 cm³/mol. The Bertz CT molecular complexity index is 750. The highest BCUT2D eigenvalue weighted by Gasteiger charge is 2.28. The van der Waals surface area contributed by atoms with E-state index in [0.29, 0.717) is 32.7 Å². The van der Waals surface area contributed by atoms with Gasteiger partial charge in [0.1, 0.15) is 11.6 Å². The first kappa shape index (κ1) is 19.5. The van der Waals surface area contributed by atoms with Crippen LogP contribution in [-0.2, 0) is 16.0 Å². The lowest BCUT2D eigenvalue weighted by Gasteiger charge is -2.36. The number of nitrogens with one attached hydrogen (secondary N) is 1. The van der Waals surface area contributed by atoms with Gasteiger partial charge in [0.2, 0.25) is 5.91 Å². The molecule has 0 spiro atoms. The zero-order valence-electron chi connectivity index (χ0n) is 15.3. The van der Waals surface area contributed by atoms with Gasteiger partial charge in [0.05, 0.1) is 18.8 Å². The van der Waals surface area contributed by atoms with Crippen LogP contribution in [0, 0.1) is 11.6 Å². The van der Waals surface area contributed by atoms with Crippen molar-refractivity contribution in [2.75, 3.05) is 26.2 Å². The number of amides is 1. The molecule has 6 heteroatoms. The average Bonchev–Trinajstić information content (AvgIpc) is 2.69. The lowest BCUT2D eigenvalue weighted by Crippen LogP contribution is -2.50. The molecule has 2 aromatic carbocycles. The molecule has 1 aliphatic rings. The van der Waals surface area contributed by atoms with E-state index in [0.717, 1.165) is 11.1 Å². The maximum atomic E-state index is 13.1. The van der Waals surface area contributed by atoms with Crippen molar-refractivity contribution in [3.05, 3.63) is 71.3 Å². The fourth-order valence-corrected chi connectivity index (χ4v) is 3.19. The van der Waals surface area contributed by atoms with Gasteiger partial charge in [-0.25, -0.2) is 8.78 Å². The molecule has 0 aliphatic carbocycles. The predicted octanol–water partition coefficient (Wildman–Crippen LogP) is 3.09. The first-order valence-corrected chi connectivity index (χ1v) is 9.16. The number of morpholine rings is 1. The summed E-state index contributed by atoms with van der Waals surface area (Å²) in [6.45, 7) is 4.15. The van der Waals surface area contributed by atoms with Crippen molar-refractivity contribution in [1.82, 2.24) is 10.2 Å². The first-order chi connectivity index (χ1) is 13.0. The fraction of sp³-hybridized carbons (Fsp3) is 0.381. The summed E-state index contributed by atoms with van der Waals surface area (Å²) >= 11 is 0. The number of halogens is 2. The standard InChI is InChI=1S/C21H24F2N2O2/c1-15(21(26)24-11-10-16-2-6-18(22)7-3-16)25-12-13-27-20(14-25)17-4-8-19(23)9-5-17/h2-9,15,20H,10-14H2,1H3,(H,24,26). The zero-order valence-corrected chi connectivity index (χ0v) is 15.3. The largest absolute Gasteiger partial charge is 0.371 e. The van der Waals surface area contributed by atoms with E-state index in [2.05, 4.69) is 10.2 Å². The van der Waals surface area contributed by atoms with Crippen molar-refractivity contribution in [2.45, 2.75) is 25.5 Å². The van der Waals surface area contributed by atoms with Crippen molar-refractivity contribution in [2.24, 2.45) is 0 Å². The second kappa shape index (κ2) is 9.06. The number of benzene rings is 2. The summed E-state index contributed by atoms with van der Waals surface area (Å²) < 4.78 is 31.8. The minimum absolute atomic E-state index is 0.0446. The van der Waals surface area contributed by atoms with Gasteiger partial charge in [-0.15, -0.1) is 0 Å². The molecule has 2 aromatic rings. The third-order valence-corrected chi connectivity index (χ3v) is 4.89. The topological polar surface area (TPSA) is 41.6 Å². The molecule has 1 saturated heterocycles. The number of rotatable bonds is 6. The van der Waals surface area contributed by atoms with Gasteiger partial charge in [-0.05, 0) is 48.7 Å². The van der Waals surface area contributed by atoms with E-state index in [9.17, 15) is 13.6 Å². The minimum Gasteiger partial charge on any atom is -0.371 e. The monoisotopic (exact) mass is 374 g/mol. The number of carbonyl (C=O) groups is 1. The minimum atomic E-state index is -0.287. The molecule has 4 nitrogen and oxygen atoms in total. The molecule has 1 amide bonds. The van der Waals surface area contributed by atoms with Crippen LogP contribution in [0.25, 0.3) is 0 Å². The molecule has 0 saturated carbocycles. The lowest BCUT2D eigenvalue weighted by atomic mass is 10.1. The number of hydrogen-bond acceptors (Lipinski definition) is 3. The Morgan fingerprint density at radius 2 is 1.78 bits per heavy atom. The van der Waals surface area contributed by atoms with Crippen molar-refractivity contribution < 1.29 is 18.3 Å². The van der Waals surface area contributed by atoms with E-state index in [1.165, 1.54) is 24.3 Å². The summed E-state index contributed by atoms with van der Waals surface area (Å²) in [4.78, 5) is 14.5. The van der Waals surface area contributed by atoms with Crippen LogP contribution in [0.3, 0.4) is 0 Å². The van der Waals surface area contributed by atoms with Crippen LogP contribution in [0.1, 0.15) is 24.2 Å². The second-order valence-corrected chi connectivity index (χ2v) is 6.75. The van der Waals surface area contributed by atoms with Gasteiger partial charge in [0.15, 0.2) is 0 Å². The molecule has 27 heavy (non-hydrogen) atoms. The third-order valence-electron chi connectivity index (χ3n) is 4.89. The van der Waals surface area contributed by atoms with E-state index in [1.807, 2.05) is 6.92 Å². The molecule has 0 aromatic heterocycles. The van der Waals surface area contributed by atoms with Gasteiger partial charge < -0.3 is 10.1 Å². The summed E-state index contributed by atoms with van der Waals surface area (Å²) in [5.74, 6) is -0.586. The third kappa shape index (κ3) is 5.34. The fourth-order valence-electron chi connectivity index (χ4n) is 3.19. The van der Waals surface area contributed by atoms with Crippen LogP contribution >= 0.6 is 0 Å². The smallest absolute Gasteiger partial charge is 0.237 e. The van der Waals surface area contributed by atoms with Crippen LogP contribution < -0.4 is 5.32 Å². The van der Waals surface area contributed by atoms with Gasteiger partial charge in [0.25, 0.3) is 0 Å². The lowest BCUT2D eigenvalue weighted by molar-refractivity contribution is -0.129. The molecular weight excluding hydrogens is 350 g/mol. The number of nitrogens with zero attached hydrogens (tertiary/aromatic N) is 1. The Balaban J connectivity index is 1.49. The molecule has 1 N–H and O–H groups in total.